The Balaban J connectivity index is 1.73. The van der Waals surface area contributed by atoms with E-state index in [-0.39, 0.29) is 23.6 Å². The van der Waals surface area contributed by atoms with Gasteiger partial charge in [-0.1, -0.05) is 13.8 Å². The van der Waals surface area contributed by atoms with Crippen LogP contribution in [0.1, 0.15) is 44.0 Å². The second-order valence-corrected chi connectivity index (χ2v) is 8.18. The summed E-state index contributed by atoms with van der Waals surface area (Å²) in [5.41, 5.74) is 1.59. The third kappa shape index (κ3) is 5.83. The molecule has 8 nitrogen and oxygen atoms in total. The fourth-order valence-electron chi connectivity index (χ4n) is 3.73. The van der Waals surface area contributed by atoms with Crippen LogP contribution in [0.3, 0.4) is 0 Å². The quantitative estimate of drug-likeness (QED) is 0.605. The van der Waals surface area contributed by atoms with E-state index in [0.717, 1.165) is 6.42 Å². The van der Waals surface area contributed by atoms with Crippen molar-refractivity contribution < 1.29 is 23.9 Å². The van der Waals surface area contributed by atoms with Gasteiger partial charge in [-0.25, -0.2) is 0 Å². The Bertz CT molecular complexity index is 1000. The lowest BCUT2D eigenvalue weighted by molar-refractivity contribution is -0.119. The lowest BCUT2D eigenvalue weighted by Gasteiger charge is -2.23. The molecule has 8 heteroatoms. The molecule has 0 bridgehead atoms. The summed E-state index contributed by atoms with van der Waals surface area (Å²) >= 11 is 0. The zero-order chi connectivity index (χ0) is 24.0. The minimum atomic E-state index is -0.747. The number of carbonyl (C=O) groups is 3. The second kappa shape index (κ2) is 10.8. The molecule has 2 aromatic carbocycles. The molecule has 33 heavy (non-hydrogen) atoms. The highest BCUT2D eigenvalue weighted by atomic mass is 16.5. The van der Waals surface area contributed by atoms with E-state index in [9.17, 15) is 14.4 Å². The Kier molecular flexibility index (Phi) is 7.92. The number of anilines is 2. The summed E-state index contributed by atoms with van der Waals surface area (Å²) < 4.78 is 10.8. The van der Waals surface area contributed by atoms with Crippen molar-refractivity contribution in [3.05, 3.63) is 48.0 Å². The van der Waals surface area contributed by atoms with Gasteiger partial charge in [0.15, 0.2) is 0 Å². The Morgan fingerprint density at radius 3 is 2.42 bits per heavy atom. The number of methoxy groups -OCH3 is 1. The number of amides is 3. The maximum Gasteiger partial charge on any atom is 0.251 e. The lowest BCUT2D eigenvalue weighted by Crippen LogP contribution is -2.47. The third-order valence-electron chi connectivity index (χ3n) is 5.47. The zero-order valence-corrected chi connectivity index (χ0v) is 19.5. The smallest absolute Gasteiger partial charge is 0.251 e. The molecule has 2 aromatic rings. The van der Waals surface area contributed by atoms with Crippen LogP contribution in [0.4, 0.5) is 11.4 Å². The summed E-state index contributed by atoms with van der Waals surface area (Å²) in [6, 6.07) is 11.2. The summed E-state index contributed by atoms with van der Waals surface area (Å²) in [5.74, 6) is 0.443. The number of rotatable bonds is 9. The predicted octanol–water partition coefficient (Wildman–Crippen LogP) is 3.61. The number of nitrogens with zero attached hydrogens (tertiary/aromatic N) is 1. The molecule has 0 saturated carbocycles. The van der Waals surface area contributed by atoms with Crippen molar-refractivity contribution in [2.75, 3.05) is 30.5 Å². The summed E-state index contributed by atoms with van der Waals surface area (Å²) in [7, 11) is 1.54. The van der Waals surface area contributed by atoms with Gasteiger partial charge in [-0.15, -0.1) is 0 Å². The Morgan fingerprint density at radius 2 is 1.85 bits per heavy atom. The largest absolute Gasteiger partial charge is 0.495 e. The lowest BCUT2D eigenvalue weighted by atomic mass is 10.0. The maximum atomic E-state index is 13.1. The van der Waals surface area contributed by atoms with E-state index in [0.29, 0.717) is 48.0 Å². The second-order valence-electron chi connectivity index (χ2n) is 8.18. The molecule has 1 fully saturated rings. The van der Waals surface area contributed by atoms with Gasteiger partial charge < -0.3 is 25.0 Å². The SMILES string of the molecule is CCOc1ccc(C(=O)NC(C(=O)Nc2ccc(OC)c(N3CCCC3=O)c2)C(C)C)cc1. The van der Waals surface area contributed by atoms with Gasteiger partial charge in [-0.3, -0.25) is 14.4 Å². The number of hydrogen-bond donors (Lipinski definition) is 2. The summed E-state index contributed by atoms with van der Waals surface area (Å²) in [6.07, 6.45) is 1.28. The van der Waals surface area contributed by atoms with Gasteiger partial charge in [0.05, 0.1) is 19.4 Å². The van der Waals surface area contributed by atoms with Gasteiger partial charge in [0.1, 0.15) is 17.5 Å². The van der Waals surface area contributed by atoms with Crippen LogP contribution < -0.4 is 25.0 Å². The number of carbonyl (C=O) groups excluding carboxylic acids is 3. The first-order valence-electron chi connectivity index (χ1n) is 11.2. The molecule has 176 valence electrons. The van der Waals surface area contributed by atoms with E-state index in [2.05, 4.69) is 10.6 Å². The molecule has 2 N–H and O–H groups in total. The standard InChI is InChI=1S/C25H31N3O5/c1-5-33-19-11-8-17(9-12-19)24(30)27-23(16(2)3)25(31)26-18-10-13-21(32-4)20(15-18)28-14-6-7-22(28)29/h8-13,15-16,23H,5-7,14H2,1-4H3,(H,26,31)(H,27,30). The fourth-order valence-corrected chi connectivity index (χ4v) is 3.73. The summed E-state index contributed by atoms with van der Waals surface area (Å²) in [6.45, 7) is 6.77. The van der Waals surface area contributed by atoms with Gasteiger partial charge in [0.2, 0.25) is 11.8 Å². The van der Waals surface area contributed by atoms with E-state index in [1.165, 1.54) is 0 Å². The van der Waals surface area contributed by atoms with E-state index in [1.807, 2.05) is 20.8 Å². The molecule has 0 radical (unpaired) electrons. The van der Waals surface area contributed by atoms with E-state index >= 15 is 0 Å². The number of benzene rings is 2. The van der Waals surface area contributed by atoms with Gasteiger partial charge in [0.25, 0.3) is 5.91 Å². The number of hydrogen-bond acceptors (Lipinski definition) is 5. The summed E-state index contributed by atoms with van der Waals surface area (Å²) in [4.78, 5) is 39.7. The van der Waals surface area contributed by atoms with Crippen LogP contribution in [0.2, 0.25) is 0 Å². The van der Waals surface area contributed by atoms with Crippen molar-refractivity contribution in [2.45, 2.75) is 39.7 Å². The average molecular weight is 454 g/mol. The molecule has 1 heterocycles. The molecule has 1 aliphatic heterocycles. The molecule has 1 saturated heterocycles. The van der Waals surface area contributed by atoms with E-state index < -0.39 is 6.04 Å². The van der Waals surface area contributed by atoms with Crippen molar-refractivity contribution in [2.24, 2.45) is 5.92 Å². The van der Waals surface area contributed by atoms with Crippen LogP contribution in [0.15, 0.2) is 42.5 Å². The first-order valence-corrected chi connectivity index (χ1v) is 11.2. The highest BCUT2D eigenvalue weighted by Gasteiger charge is 2.27. The van der Waals surface area contributed by atoms with Gasteiger partial charge in [-0.05, 0) is 61.7 Å². The highest BCUT2D eigenvalue weighted by Crippen LogP contribution is 2.34. The minimum absolute atomic E-state index is 0.0273. The molecule has 3 rings (SSSR count). The topological polar surface area (TPSA) is 97.0 Å². The van der Waals surface area contributed by atoms with Crippen molar-refractivity contribution >= 4 is 29.1 Å². The van der Waals surface area contributed by atoms with Crippen LogP contribution in [0, 0.1) is 5.92 Å². The zero-order valence-electron chi connectivity index (χ0n) is 19.5. The maximum absolute atomic E-state index is 13.1. The van der Waals surface area contributed by atoms with Crippen LogP contribution in [-0.2, 0) is 9.59 Å². The molecular formula is C25H31N3O5. The average Bonchev–Trinajstić information content (AvgIpc) is 3.23. The molecule has 1 unspecified atom stereocenters. The molecule has 0 aliphatic carbocycles. The Hall–Kier alpha value is -3.55. The van der Waals surface area contributed by atoms with E-state index in [4.69, 9.17) is 9.47 Å². The normalized spacial score (nSPS) is 14.2. The first-order chi connectivity index (χ1) is 15.8. The molecular weight excluding hydrogens is 422 g/mol. The number of nitrogens with one attached hydrogen (secondary N) is 2. The van der Waals surface area contributed by atoms with Crippen molar-refractivity contribution in [3.8, 4) is 11.5 Å². The Morgan fingerprint density at radius 1 is 1.12 bits per heavy atom. The minimum Gasteiger partial charge on any atom is -0.495 e. The molecule has 0 spiro atoms. The third-order valence-corrected chi connectivity index (χ3v) is 5.47. The molecule has 0 aromatic heterocycles. The highest BCUT2D eigenvalue weighted by molar-refractivity contribution is 6.02. The molecule has 1 atom stereocenters. The monoisotopic (exact) mass is 453 g/mol. The van der Waals surface area contributed by atoms with Gasteiger partial charge >= 0.3 is 0 Å². The Labute approximate surface area is 194 Å². The van der Waals surface area contributed by atoms with Crippen LogP contribution in [0.25, 0.3) is 0 Å². The number of ether oxygens (including phenoxy) is 2. The van der Waals surface area contributed by atoms with Crippen molar-refractivity contribution in [1.29, 1.82) is 0 Å². The van der Waals surface area contributed by atoms with Gasteiger partial charge in [0, 0.05) is 24.2 Å². The van der Waals surface area contributed by atoms with Gasteiger partial charge in [-0.2, -0.15) is 0 Å². The first kappa shape index (κ1) is 24.1. The predicted molar refractivity (Wildman–Crippen MR) is 127 cm³/mol. The molecule has 1 aliphatic rings. The van der Waals surface area contributed by atoms with Crippen LogP contribution in [0.5, 0.6) is 11.5 Å². The summed E-state index contributed by atoms with van der Waals surface area (Å²) in [5, 5.41) is 5.69. The van der Waals surface area contributed by atoms with Crippen molar-refractivity contribution in [3.63, 3.8) is 0 Å². The molecule has 3 amide bonds. The fraction of sp³-hybridized carbons (Fsp3) is 0.400. The van der Waals surface area contributed by atoms with E-state index in [1.54, 1.807) is 54.5 Å². The van der Waals surface area contributed by atoms with Crippen LogP contribution >= 0.6 is 0 Å². The van der Waals surface area contributed by atoms with Crippen LogP contribution in [-0.4, -0.2) is 44.0 Å². The van der Waals surface area contributed by atoms with Crippen molar-refractivity contribution in [1.82, 2.24) is 5.32 Å².